The molecule has 0 radical (unpaired) electrons. The fraction of sp³-hybridized carbons (Fsp3) is 0.364. The van der Waals surface area contributed by atoms with Crippen molar-refractivity contribution in [1.29, 1.82) is 0 Å². The van der Waals surface area contributed by atoms with Gasteiger partial charge in [-0.3, -0.25) is 0 Å². The molecule has 4 nitrogen and oxygen atoms in total. The van der Waals surface area contributed by atoms with Crippen molar-refractivity contribution in [2.45, 2.75) is 12.5 Å². The monoisotopic (exact) mass is 285 g/mol. The second kappa shape index (κ2) is 4.74. The molecule has 1 heterocycles. The Hall–Kier alpha value is -1.23. The standard InChI is InChI=1S/C11H12BrNO3/c1-15-10-3-2-7(12)6-8(10)9-4-5-16-11(14)13-9/h2-3,6,9H,4-5H2,1H3,(H,13,14)/t9-/m1/s1. The molecule has 2 rings (SSSR count). The van der Waals surface area contributed by atoms with Crippen LogP contribution in [-0.4, -0.2) is 19.8 Å². The van der Waals surface area contributed by atoms with Gasteiger partial charge in [0, 0.05) is 16.5 Å². The summed E-state index contributed by atoms with van der Waals surface area (Å²) in [6.07, 6.45) is 0.372. The number of carbonyl (C=O) groups is 1. The largest absolute Gasteiger partial charge is 0.496 e. The van der Waals surface area contributed by atoms with Crippen LogP contribution in [0.15, 0.2) is 22.7 Å². The Bertz CT molecular complexity index is 408. The van der Waals surface area contributed by atoms with Crippen LogP contribution in [-0.2, 0) is 4.74 Å². The number of nitrogens with one attached hydrogen (secondary N) is 1. The molecule has 1 aromatic rings. The summed E-state index contributed by atoms with van der Waals surface area (Å²) in [5.41, 5.74) is 0.966. The van der Waals surface area contributed by atoms with E-state index in [1.165, 1.54) is 0 Å². The van der Waals surface area contributed by atoms with Crippen LogP contribution < -0.4 is 10.1 Å². The van der Waals surface area contributed by atoms with Crippen LogP contribution in [0.5, 0.6) is 5.75 Å². The molecular weight excluding hydrogens is 274 g/mol. The van der Waals surface area contributed by atoms with Crippen molar-refractivity contribution in [3.05, 3.63) is 28.2 Å². The van der Waals surface area contributed by atoms with Crippen LogP contribution in [0, 0.1) is 0 Å². The molecule has 1 N–H and O–H groups in total. The summed E-state index contributed by atoms with van der Waals surface area (Å²) in [6, 6.07) is 5.69. The first-order valence-corrected chi connectivity index (χ1v) is 5.76. The number of methoxy groups -OCH3 is 1. The summed E-state index contributed by atoms with van der Waals surface area (Å²) in [5.74, 6) is 0.774. The first-order chi connectivity index (χ1) is 7.70. The maximum absolute atomic E-state index is 11.1. The van der Waals surface area contributed by atoms with Gasteiger partial charge < -0.3 is 14.8 Å². The molecule has 1 aliphatic rings. The zero-order chi connectivity index (χ0) is 11.5. The lowest BCUT2D eigenvalue weighted by atomic mass is 10.0. The molecule has 86 valence electrons. The first-order valence-electron chi connectivity index (χ1n) is 4.97. The quantitative estimate of drug-likeness (QED) is 0.909. The normalized spacial score (nSPS) is 19.9. The number of halogens is 1. The third-order valence-electron chi connectivity index (χ3n) is 2.50. The molecule has 16 heavy (non-hydrogen) atoms. The van der Waals surface area contributed by atoms with Crippen molar-refractivity contribution in [3.8, 4) is 5.75 Å². The van der Waals surface area contributed by atoms with Crippen molar-refractivity contribution in [2.24, 2.45) is 0 Å². The van der Waals surface area contributed by atoms with Gasteiger partial charge in [-0.15, -0.1) is 0 Å². The van der Waals surface area contributed by atoms with Crippen LogP contribution in [0.2, 0.25) is 0 Å². The van der Waals surface area contributed by atoms with Crippen molar-refractivity contribution in [1.82, 2.24) is 5.32 Å². The summed E-state index contributed by atoms with van der Waals surface area (Å²) in [4.78, 5) is 11.1. The predicted octanol–water partition coefficient (Wildman–Crippen LogP) is 2.63. The Morgan fingerprint density at radius 1 is 1.56 bits per heavy atom. The number of rotatable bonds is 2. The number of cyclic esters (lactones) is 1. The van der Waals surface area contributed by atoms with Crippen LogP contribution in [0.4, 0.5) is 4.79 Å². The second-order valence-corrected chi connectivity index (χ2v) is 4.42. The zero-order valence-corrected chi connectivity index (χ0v) is 10.4. The molecular formula is C11H12BrNO3. The highest BCUT2D eigenvalue weighted by Crippen LogP contribution is 2.31. The Morgan fingerprint density at radius 3 is 3.06 bits per heavy atom. The Balaban J connectivity index is 2.30. The molecule has 0 saturated carbocycles. The number of amides is 1. The van der Waals surface area contributed by atoms with E-state index in [2.05, 4.69) is 21.2 Å². The van der Waals surface area contributed by atoms with Crippen molar-refractivity contribution in [2.75, 3.05) is 13.7 Å². The van der Waals surface area contributed by atoms with Crippen molar-refractivity contribution >= 4 is 22.0 Å². The van der Waals surface area contributed by atoms with E-state index < -0.39 is 0 Å². The SMILES string of the molecule is COc1ccc(Br)cc1[C@H]1CCOC(=O)N1. The van der Waals surface area contributed by atoms with Gasteiger partial charge in [-0.1, -0.05) is 15.9 Å². The molecule has 1 fully saturated rings. The molecule has 5 heteroatoms. The highest BCUT2D eigenvalue weighted by Gasteiger charge is 2.23. The van der Waals surface area contributed by atoms with E-state index in [1.807, 2.05) is 18.2 Å². The molecule has 0 aromatic heterocycles. The van der Waals surface area contributed by atoms with E-state index in [0.29, 0.717) is 6.61 Å². The molecule has 0 bridgehead atoms. The summed E-state index contributed by atoms with van der Waals surface area (Å²) in [6.45, 7) is 0.437. The molecule has 1 aromatic carbocycles. The lowest BCUT2D eigenvalue weighted by molar-refractivity contribution is 0.115. The van der Waals surface area contributed by atoms with Crippen LogP contribution in [0.25, 0.3) is 0 Å². The van der Waals surface area contributed by atoms with Gasteiger partial charge in [0.15, 0.2) is 0 Å². The fourth-order valence-electron chi connectivity index (χ4n) is 1.74. The van der Waals surface area contributed by atoms with Gasteiger partial charge in [-0.05, 0) is 18.2 Å². The van der Waals surface area contributed by atoms with Crippen LogP contribution in [0.1, 0.15) is 18.0 Å². The number of alkyl carbamates (subject to hydrolysis) is 1. The van der Waals surface area contributed by atoms with Gasteiger partial charge in [-0.2, -0.15) is 0 Å². The van der Waals surface area contributed by atoms with Gasteiger partial charge in [0.1, 0.15) is 5.75 Å². The van der Waals surface area contributed by atoms with Gasteiger partial charge in [0.25, 0.3) is 0 Å². The molecule has 1 aliphatic heterocycles. The highest BCUT2D eigenvalue weighted by molar-refractivity contribution is 9.10. The van der Waals surface area contributed by atoms with Gasteiger partial charge in [0.05, 0.1) is 19.8 Å². The second-order valence-electron chi connectivity index (χ2n) is 3.51. The lowest BCUT2D eigenvalue weighted by Gasteiger charge is -2.25. The average molecular weight is 286 g/mol. The predicted molar refractivity (Wildman–Crippen MR) is 62.5 cm³/mol. The Morgan fingerprint density at radius 2 is 2.38 bits per heavy atom. The van der Waals surface area contributed by atoms with Crippen LogP contribution in [0.3, 0.4) is 0 Å². The van der Waals surface area contributed by atoms with Crippen molar-refractivity contribution < 1.29 is 14.3 Å². The lowest BCUT2D eigenvalue weighted by Crippen LogP contribution is -2.35. The molecule has 1 amide bonds. The van der Waals surface area contributed by atoms with E-state index in [1.54, 1.807) is 7.11 Å². The number of ether oxygens (including phenoxy) is 2. The van der Waals surface area contributed by atoms with Crippen LogP contribution >= 0.6 is 15.9 Å². The summed E-state index contributed by atoms with van der Waals surface area (Å²) >= 11 is 3.41. The average Bonchev–Trinajstić information content (AvgIpc) is 2.29. The van der Waals surface area contributed by atoms with E-state index in [4.69, 9.17) is 9.47 Å². The Labute approximate surface area is 102 Å². The smallest absolute Gasteiger partial charge is 0.407 e. The van der Waals surface area contributed by atoms with E-state index >= 15 is 0 Å². The van der Waals surface area contributed by atoms with Gasteiger partial charge in [-0.25, -0.2) is 4.79 Å². The van der Waals surface area contributed by atoms with Gasteiger partial charge >= 0.3 is 6.09 Å². The molecule has 0 unspecified atom stereocenters. The summed E-state index contributed by atoms with van der Waals surface area (Å²) in [5, 5.41) is 2.77. The molecule has 0 spiro atoms. The highest BCUT2D eigenvalue weighted by atomic mass is 79.9. The summed E-state index contributed by atoms with van der Waals surface area (Å²) < 4.78 is 11.1. The zero-order valence-electron chi connectivity index (χ0n) is 8.83. The first kappa shape index (κ1) is 11.3. The third-order valence-corrected chi connectivity index (χ3v) is 2.99. The van der Waals surface area contributed by atoms with E-state index in [-0.39, 0.29) is 12.1 Å². The Kier molecular flexibility index (Phi) is 3.33. The minimum atomic E-state index is -0.377. The summed E-state index contributed by atoms with van der Waals surface area (Å²) in [7, 11) is 1.62. The maximum Gasteiger partial charge on any atom is 0.407 e. The van der Waals surface area contributed by atoms with Gasteiger partial charge in [0.2, 0.25) is 0 Å². The third kappa shape index (κ3) is 2.29. The number of hydrogen-bond donors (Lipinski definition) is 1. The molecule has 1 saturated heterocycles. The minimum absolute atomic E-state index is 0.0475. The molecule has 1 atom stereocenters. The number of benzene rings is 1. The van der Waals surface area contributed by atoms with E-state index in [9.17, 15) is 4.79 Å². The maximum atomic E-state index is 11.1. The number of carbonyl (C=O) groups excluding carboxylic acids is 1. The fourth-order valence-corrected chi connectivity index (χ4v) is 2.12. The van der Waals surface area contributed by atoms with E-state index in [0.717, 1.165) is 22.2 Å². The topological polar surface area (TPSA) is 47.6 Å². The molecule has 0 aliphatic carbocycles. The number of hydrogen-bond acceptors (Lipinski definition) is 3. The van der Waals surface area contributed by atoms with Crippen molar-refractivity contribution in [3.63, 3.8) is 0 Å². The minimum Gasteiger partial charge on any atom is -0.496 e.